The van der Waals surface area contributed by atoms with Gasteiger partial charge in [-0.25, -0.2) is 8.42 Å². The lowest BCUT2D eigenvalue weighted by Crippen LogP contribution is -2.18. The summed E-state index contributed by atoms with van der Waals surface area (Å²) in [5.74, 6) is -1.09. The van der Waals surface area contributed by atoms with Crippen molar-refractivity contribution in [1.29, 1.82) is 0 Å². The molecule has 1 aliphatic heterocycles. The van der Waals surface area contributed by atoms with E-state index in [1.54, 1.807) is 60.3 Å². The maximum absolute atomic E-state index is 13.1. The molecule has 0 saturated heterocycles. The van der Waals surface area contributed by atoms with Crippen LogP contribution < -0.4 is 5.32 Å². The highest BCUT2D eigenvalue weighted by Crippen LogP contribution is 2.28. The topological polar surface area (TPSA) is 116 Å². The van der Waals surface area contributed by atoms with Crippen molar-refractivity contribution < 1.29 is 23.4 Å². The van der Waals surface area contributed by atoms with Gasteiger partial charge in [0.1, 0.15) is 6.10 Å². The number of carboxylic acids is 1. The van der Waals surface area contributed by atoms with E-state index >= 15 is 0 Å². The Balaban J connectivity index is 1.50. The fraction of sp³-hybridized carbons (Fsp3) is 0.231. The second kappa shape index (κ2) is 11.1. The van der Waals surface area contributed by atoms with Crippen molar-refractivity contribution in [2.45, 2.75) is 23.3 Å². The first-order valence-electron chi connectivity index (χ1n) is 11.1. The fourth-order valence-electron chi connectivity index (χ4n) is 3.94. The number of hydrogen-bond donors (Lipinski definition) is 3. The molecule has 2 unspecified atom stereocenters. The Morgan fingerprint density at radius 3 is 2.34 bits per heavy atom. The lowest BCUT2D eigenvalue weighted by atomic mass is 9.98. The van der Waals surface area contributed by atoms with Crippen molar-refractivity contribution in [2.24, 2.45) is 4.99 Å². The highest BCUT2D eigenvalue weighted by Gasteiger charge is 2.25. The Morgan fingerprint density at radius 1 is 0.971 bits per heavy atom. The van der Waals surface area contributed by atoms with Crippen LogP contribution in [0, 0.1) is 0 Å². The van der Waals surface area contributed by atoms with E-state index in [1.807, 2.05) is 18.2 Å². The number of aliphatic hydroxyl groups excluding tert-OH is 1. The molecule has 0 bridgehead atoms. The van der Waals surface area contributed by atoms with Gasteiger partial charge in [-0.1, -0.05) is 66.4 Å². The molecule has 0 spiro atoms. The number of rotatable bonds is 9. The molecule has 4 rings (SSSR count). The van der Waals surface area contributed by atoms with Crippen LogP contribution in [-0.4, -0.2) is 47.8 Å². The predicted octanol–water partition coefficient (Wildman–Crippen LogP) is 4.32. The molecule has 0 amide bonds. The zero-order valence-electron chi connectivity index (χ0n) is 18.9. The highest BCUT2D eigenvalue weighted by atomic mass is 32.2. The van der Waals surface area contributed by atoms with Gasteiger partial charge in [0.25, 0.3) is 0 Å². The zero-order chi connectivity index (χ0) is 24.8. The number of nitrogens with one attached hydrogen (secondary N) is 1. The number of aliphatic carboxylic acids is 1. The van der Waals surface area contributed by atoms with Crippen molar-refractivity contribution in [3.63, 3.8) is 0 Å². The van der Waals surface area contributed by atoms with E-state index in [4.69, 9.17) is 0 Å². The van der Waals surface area contributed by atoms with Crippen LogP contribution in [0.25, 0.3) is 0 Å². The zero-order valence-corrected chi connectivity index (χ0v) is 20.5. The molecule has 7 nitrogen and oxygen atoms in total. The molecule has 0 saturated carbocycles. The van der Waals surface area contributed by atoms with E-state index in [0.29, 0.717) is 16.7 Å². The quantitative estimate of drug-likeness (QED) is 0.393. The Bertz CT molecular complexity index is 1310. The normalized spacial score (nSPS) is 15.3. The summed E-state index contributed by atoms with van der Waals surface area (Å²) in [4.78, 5) is 15.8. The smallest absolute Gasteiger partial charge is 0.303 e. The molecule has 3 aromatic carbocycles. The summed E-state index contributed by atoms with van der Waals surface area (Å²) in [6, 6.07) is 22.3. The van der Waals surface area contributed by atoms with E-state index in [-0.39, 0.29) is 17.1 Å². The van der Waals surface area contributed by atoms with Crippen molar-refractivity contribution in [3.8, 4) is 0 Å². The Kier molecular flexibility index (Phi) is 7.90. The first-order valence-corrected chi connectivity index (χ1v) is 13.8. The van der Waals surface area contributed by atoms with Gasteiger partial charge in [0.15, 0.2) is 15.0 Å². The largest absolute Gasteiger partial charge is 0.481 e. The number of nitrogens with zero attached hydrogens (tertiary/aromatic N) is 1. The molecule has 1 aliphatic rings. The summed E-state index contributed by atoms with van der Waals surface area (Å²) in [5.41, 5.74) is 2.71. The van der Waals surface area contributed by atoms with Gasteiger partial charge < -0.3 is 15.5 Å². The van der Waals surface area contributed by atoms with E-state index in [1.165, 1.54) is 12.1 Å². The minimum absolute atomic E-state index is 0.0893. The molecule has 0 radical (unpaired) electrons. The van der Waals surface area contributed by atoms with Crippen LogP contribution in [-0.2, 0) is 14.6 Å². The second-order valence-electron chi connectivity index (χ2n) is 8.24. The summed E-state index contributed by atoms with van der Waals surface area (Å²) in [6.07, 6.45) is -1.22. The van der Waals surface area contributed by atoms with Gasteiger partial charge in [0.2, 0.25) is 0 Å². The number of carbonyl (C=O) groups is 1. The van der Waals surface area contributed by atoms with Crippen LogP contribution in [0.1, 0.15) is 35.1 Å². The third-order valence-electron chi connectivity index (χ3n) is 5.71. The summed E-state index contributed by atoms with van der Waals surface area (Å²) in [5, 5.41) is 24.3. The monoisotopic (exact) mass is 510 g/mol. The minimum Gasteiger partial charge on any atom is -0.481 e. The highest BCUT2D eigenvalue weighted by molar-refractivity contribution is 8.14. The van der Waals surface area contributed by atoms with Gasteiger partial charge in [-0.05, 0) is 41.0 Å². The van der Waals surface area contributed by atoms with Gasteiger partial charge in [-0.15, -0.1) is 0 Å². The minimum atomic E-state index is -3.75. The van der Waals surface area contributed by atoms with E-state index in [2.05, 4.69) is 10.3 Å². The molecule has 2 atom stereocenters. The maximum atomic E-state index is 13.1. The standard InChI is InChI=1S/C26H26N2O5S2/c29-24(30)16-21(18-5-2-1-3-6-18)17-35(32,33)23-11-9-19(10-12-23)25(31)20-7-4-8-22(15-20)28-26-27-13-14-34-26/h1-12,15,21,25,31H,13-14,16-17H2,(H,27,28)(H,29,30). The van der Waals surface area contributed by atoms with Crippen LogP contribution in [0.3, 0.4) is 0 Å². The summed E-state index contributed by atoms with van der Waals surface area (Å²) in [6.45, 7) is 0.785. The van der Waals surface area contributed by atoms with Crippen LogP contribution >= 0.6 is 11.8 Å². The first-order chi connectivity index (χ1) is 16.8. The molecule has 3 N–H and O–H groups in total. The maximum Gasteiger partial charge on any atom is 0.303 e. The predicted molar refractivity (Wildman–Crippen MR) is 139 cm³/mol. The van der Waals surface area contributed by atoms with Crippen LogP contribution in [0.2, 0.25) is 0 Å². The number of hydrogen-bond acceptors (Lipinski definition) is 7. The molecule has 35 heavy (non-hydrogen) atoms. The fourth-order valence-corrected chi connectivity index (χ4v) is 6.27. The van der Waals surface area contributed by atoms with Crippen molar-refractivity contribution in [1.82, 2.24) is 0 Å². The van der Waals surface area contributed by atoms with E-state index in [0.717, 1.165) is 23.2 Å². The molecule has 0 aromatic heterocycles. The van der Waals surface area contributed by atoms with Gasteiger partial charge >= 0.3 is 5.97 Å². The van der Waals surface area contributed by atoms with Crippen LogP contribution in [0.5, 0.6) is 0 Å². The lowest BCUT2D eigenvalue weighted by molar-refractivity contribution is -0.137. The molecular weight excluding hydrogens is 484 g/mol. The van der Waals surface area contributed by atoms with Gasteiger partial charge in [0, 0.05) is 17.4 Å². The molecule has 0 fully saturated rings. The third kappa shape index (κ3) is 6.50. The lowest BCUT2D eigenvalue weighted by Gasteiger charge is -2.17. The molecule has 9 heteroatoms. The number of aliphatic hydroxyl groups is 1. The Labute approximate surface area is 208 Å². The van der Waals surface area contributed by atoms with E-state index in [9.17, 15) is 23.4 Å². The van der Waals surface area contributed by atoms with Crippen LogP contribution in [0.15, 0.2) is 88.8 Å². The number of sulfone groups is 1. The number of carboxylic acid groups (broad SMARTS) is 1. The summed E-state index contributed by atoms with van der Waals surface area (Å²) < 4.78 is 26.2. The number of thioether (sulfide) groups is 1. The van der Waals surface area contributed by atoms with Gasteiger partial charge in [0.05, 0.1) is 23.6 Å². The van der Waals surface area contributed by atoms with Gasteiger partial charge in [-0.3, -0.25) is 9.79 Å². The molecule has 182 valence electrons. The Hall–Kier alpha value is -3.14. The SMILES string of the molecule is O=C(O)CC(CS(=O)(=O)c1ccc(C(O)c2cccc(NC3=NCCS3)c2)cc1)c1ccccc1. The number of benzene rings is 3. The van der Waals surface area contributed by atoms with Crippen molar-refractivity contribution in [2.75, 3.05) is 23.4 Å². The molecule has 3 aromatic rings. The third-order valence-corrected chi connectivity index (χ3v) is 8.43. The number of amidine groups is 1. The molecule has 0 aliphatic carbocycles. The van der Waals surface area contributed by atoms with Crippen molar-refractivity contribution in [3.05, 3.63) is 95.6 Å². The first kappa shape index (κ1) is 25.0. The Morgan fingerprint density at radius 2 is 1.69 bits per heavy atom. The van der Waals surface area contributed by atoms with Crippen LogP contribution in [0.4, 0.5) is 5.69 Å². The molecular formula is C26H26N2O5S2. The average Bonchev–Trinajstić information content (AvgIpc) is 3.36. The molecule has 1 heterocycles. The van der Waals surface area contributed by atoms with E-state index < -0.39 is 27.8 Å². The number of anilines is 1. The average molecular weight is 511 g/mol. The summed E-state index contributed by atoms with van der Waals surface area (Å²) >= 11 is 1.64. The summed E-state index contributed by atoms with van der Waals surface area (Å²) in [7, 11) is -3.75. The van der Waals surface area contributed by atoms with Gasteiger partial charge in [-0.2, -0.15) is 0 Å². The number of aliphatic imine (C=N–C) groups is 1. The van der Waals surface area contributed by atoms with Crippen molar-refractivity contribution >= 4 is 38.4 Å². The second-order valence-corrected chi connectivity index (χ2v) is 11.4.